The maximum atomic E-state index is 13.6. The van der Waals surface area contributed by atoms with E-state index in [-0.39, 0.29) is 12.2 Å². The van der Waals surface area contributed by atoms with Crippen LogP contribution in [0.3, 0.4) is 0 Å². The van der Waals surface area contributed by atoms with Crippen LogP contribution in [0.15, 0.2) is 18.5 Å². The second kappa shape index (κ2) is 6.42. The Morgan fingerprint density at radius 2 is 2.40 bits per heavy atom. The summed E-state index contributed by atoms with van der Waals surface area (Å²) in [6.07, 6.45) is 2.33. The van der Waals surface area contributed by atoms with Crippen LogP contribution >= 0.6 is 0 Å². The molecule has 1 atom stereocenters. The molecule has 0 spiro atoms. The van der Waals surface area contributed by atoms with Crippen LogP contribution < -0.4 is 5.32 Å². The molecular formula is C13H16FN3O3. The van der Waals surface area contributed by atoms with Gasteiger partial charge >= 0.3 is 5.97 Å². The fraction of sp³-hybridized carbons (Fsp3) is 0.462. The Labute approximate surface area is 115 Å². The van der Waals surface area contributed by atoms with Crippen LogP contribution in [-0.4, -0.2) is 54.0 Å². The van der Waals surface area contributed by atoms with Crippen molar-refractivity contribution in [3.8, 4) is 0 Å². The van der Waals surface area contributed by atoms with Crippen LogP contribution in [0.1, 0.15) is 17.3 Å². The molecule has 20 heavy (non-hydrogen) atoms. The van der Waals surface area contributed by atoms with Crippen molar-refractivity contribution in [1.29, 1.82) is 0 Å². The number of ether oxygens (including phenoxy) is 1. The molecule has 0 radical (unpaired) electrons. The zero-order valence-corrected chi connectivity index (χ0v) is 11.1. The lowest BCUT2D eigenvalue weighted by Gasteiger charge is -2.34. The Balaban J connectivity index is 2.22. The van der Waals surface area contributed by atoms with Crippen molar-refractivity contribution in [2.75, 3.05) is 26.2 Å². The highest BCUT2D eigenvalue weighted by Crippen LogP contribution is 2.14. The molecule has 1 N–H and O–H groups in total. The lowest BCUT2D eigenvalue weighted by molar-refractivity contribution is -0.149. The van der Waals surface area contributed by atoms with Gasteiger partial charge in [-0.25, -0.2) is 9.18 Å². The number of halogens is 1. The summed E-state index contributed by atoms with van der Waals surface area (Å²) in [6.45, 7) is 3.11. The second-order valence-corrected chi connectivity index (χ2v) is 4.33. The van der Waals surface area contributed by atoms with E-state index in [1.165, 1.54) is 17.2 Å². The van der Waals surface area contributed by atoms with E-state index in [1.807, 2.05) is 0 Å². The fourth-order valence-electron chi connectivity index (χ4n) is 2.10. The molecule has 108 valence electrons. The van der Waals surface area contributed by atoms with Gasteiger partial charge in [0.15, 0.2) is 5.82 Å². The maximum Gasteiger partial charge on any atom is 0.330 e. The predicted molar refractivity (Wildman–Crippen MR) is 68.5 cm³/mol. The van der Waals surface area contributed by atoms with Gasteiger partial charge in [0.25, 0.3) is 5.91 Å². The molecule has 0 bridgehead atoms. The van der Waals surface area contributed by atoms with E-state index in [0.717, 1.165) is 6.20 Å². The predicted octanol–water partition coefficient (Wildman–Crippen LogP) is 0.198. The lowest BCUT2D eigenvalue weighted by atomic mass is 10.1. The summed E-state index contributed by atoms with van der Waals surface area (Å²) < 4.78 is 18.6. The monoisotopic (exact) mass is 281 g/mol. The molecule has 0 aliphatic carbocycles. The molecule has 2 heterocycles. The number of nitrogens with zero attached hydrogens (tertiary/aromatic N) is 2. The van der Waals surface area contributed by atoms with Crippen LogP contribution in [-0.2, 0) is 9.53 Å². The number of pyridine rings is 1. The molecule has 2 rings (SSSR count). The van der Waals surface area contributed by atoms with E-state index in [2.05, 4.69) is 10.3 Å². The third-order valence-corrected chi connectivity index (χ3v) is 3.07. The molecule has 1 aliphatic rings. The molecule has 1 fully saturated rings. The average Bonchev–Trinajstić information content (AvgIpc) is 2.47. The van der Waals surface area contributed by atoms with Gasteiger partial charge < -0.3 is 15.0 Å². The molecule has 1 saturated heterocycles. The van der Waals surface area contributed by atoms with E-state index < -0.39 is 23.7 Å². The van der Waals surface area contributed by atoms with Crippen molar-refractivity contribution < 1.29 is 18.7 Å². The first-order valence-electron chi connectivity index (χ1n) is 6.43. The number of carbonyl (C=O) groups is 2. The zero-order valence-electron chi connectivity index (χ0n) is 11.1. The summed E-state index contributed by atoms with van der Waals surface area (Å²) in [6, 6.07) is 0.575. The number of amides is 1. The Morgan fingerprint density at radius 1 is 1.60 bits per heavy atom. The topological polar surface area (TPSA) is 71.5 Å². The van der Waals surface area contributed by atoms with Gasteiger partial charge in [-0.1, -0.05) is 0 Å². The minimum Gasteiger partial charge on any atom is -0.464 e. The Hall–Kier alpha value is -2.02. The molecule has 1 amide bonds. The van der Waals surface area contributed by atoms with Gasteiger partial charge in [-0.15, -0.1) is 0 Å². The fourth-order valence-corrected chi connectivity index (χ4v) is 2.10. The molecule has 0 saturated carbocycles. The summed E-state index contributed by atoms with van der Waals surface area (Å²) in [5.74, 6) is -1.70. The molecule has 7 heteroatoms. The summed E-state index contributed by atoms with van der Waals surface area (Å²) in [5, 5.41) is 3.02. The van der Waals surface area contributed by atoms with Gasteiger partial charge in [0.2, 0.25) is 0 Å². The van der Waals surface area contributed by atoms with Crippen LogP contribution in [0.25, 0.3) is 0 Å². The summed E-state index contributed by atoms with van der Waals surface area (Å²) >= 11 is 0. The Bertz CT molecular complexity index is 509. The van der Waals surface area contributed by atoms with Crippen molar-refractivity contribution in [3.63, 3.8) is 0 Å². The van der Waals surface area contributed by atoms with Crippen molar-refractivity contribution in [2.24, 2.45) is 0 Å². The van der Waals surface area contributed by atoms with E-state index >= 15 is 0 Å². The van der Waals surface area contributed by atoms with E-state index in [4.69, 9.17) is 4.74 Å². The summed E-state index contributed by atoms with van der Waals surface area (Å²) in [4.78, 5) is 29.2. The van der Waals surface area contributed by atoms with Crippen LogP contribution in [0.2, 0.25) is 0 Å². The van der Waals surface area contributed by atoms with Gasteiger partial charge in [-0.2, -0.15) is 0 Å². The van der Waals surface area contributed by atoms with Crippen molar-refractivity contribution >= 4 is 11.9 Å². The molecule has 1 aromatic rings. The number of nitrogens with one attached hydrogen (secondary N) is 1. The third-order valence-electron chi connectivity index (χ3n) is 3.07. The highest BCUT2D eigenvalue weighted by atomic mass is 19.1. The number of hydrogen-bond donors (Lipinski definition) is 1. The van der Waals surface area contributed by atoms with Crippen molar-refractivity contribution in [1.82, 2.24) is 15.2 Å². The van der Waals surface area contributed by atoms with Crippen molar-refractivity contribution in [3.05, 3.63) is 29.8 Å². The largest absolute Gasteiger partial charge is 0.464 e. The number of hydrogen-bond acceptors (Lipinski definition) is 5. The zero-order chi connectivity index (χ0) is 14.5. The second-order valence-electron chi connectivity index (χ2n) is 4.33. The molecule has 6 nitrogen and oxygen atoms in total. The maximum absolute atomic E-state index is 13.6. The minimum absolute atomic E-state index is 0.0869. The van der Waals surface area contributed by atoms with E-state index in [1.54, 1.807) is 6.92 Å². The van der Waals surface area contributed by atoms with Crippen LogP contribution in [0.4, 0.5) is 4.39 Å². The Morgan fingerprint density at radius 3 is 3.10 bits per heavy atom. The molecule has 1 aliphatic heterocycles. The number of rotatable bonds is 3. The van der Waals surface area contributed by atoms with Gasteiger partial charge in [0.05, 0.1) is 18.4 Å². The summed E-state index contributed by atoms with van der Waals surface area (Å²) in [7, 11) is 0. The highest BCUT2D eigenvalue weighted by molar-refractivity contribution is 5.97. The van der Waals surface area contributed by atoms with Gasteiger partial charge in [0, 0.05) is 25.8 Å². The molecule has 1 aromatic heterocycles. The van der Waals surface area contributed by atoms with E-state index in [9.17, 15) is 14.0 Å². The first-order valence-corrected chi connectivity index (χ1v) is 6.43. The van der Waals surface area contributed by atoms with Crippen LogP contribution in [0.5, 0.6) is 0 Å². The number of aromatic nitrogens is 1. The number of piperazine rings is 1. The van der Waals surface area contributed by atoms with Crippen LogP contribution in [0, 0.1) is 5.82 Å². The highest BCUT2D eigenvalue weighted by Gasteiger charge is 2.34. The first kappa shape index (κ1) is 14.4. The standard InChI is InChI=1S/C13H16FN3O3/c1-2-20-13(19)11-8-16-5-6-17(11)12(18)9-3-4-15-7-10(9)14/h3-4,7,11,16H,2,5-6,8H2,1H3. The Kier molecular flexibility index (Phi) is 4.62. The lowest BCUT2D eigenvalue weighted by Crippen LogP contribution is -2.57. The normalized spacial score (nSPS) is 18.7. The molecular weight excluding hydrogens is 265 g/mol. The molecule has 1 unspecified atom stereocenters. The summed E-state index contributed by atoms with van der Waals surface area (Å²) in [5.41, 5.74) is -0.0869. The van der Waals surface area contributed by atoms with Gasteiger partial charge in [0.1, 0.15) is 6.04 Å². The minimum atomic E-state index is -0.733. The van der Waals surface area contributed by atoms with E-state index in [0.29, 0.717) is 19.6 Å². The van der Waals surface area contributed by atoms with Gasteiger partial charge in [-0.3, -0.25) is 9.78 Å². The number of carbonyl (C=O) groups excluding carboxylic acids is 2. The third kappa shape index (κ3) is 2.93. The molecule has 0 aromatic carbocycles. The van der Waals surface area contributed by atoms with Gasteiger partial charge in [-0.05, 0) is 13.0 Å². The smallest absolute Gasteiger partial charge is 0.330 e. The average molecular weight is 281 g/mol. The first-order chi connectivity index (χ1) is 9.65. The quantitative estimate of drug-likeness (QED) is 0.801. The van der Waals surface area contributed by atoms with Crippen molar-refractivity contribution in [2.45, 2.75) is 13.0 Å². The SMILES string of the molecule is CCOC(=O)C1CNCCN1C(=O)c1ccncc1F. The number of esters is 1.